The number of amides is 1. The number of nitrogens with two attached hydrogens (primary N) is 1. The van der Waals surface area contributed by atoms with E-state index in [2.05, 4.69) is 10.2 Å². The third-order valence-electron chi connectivity index (χ3n) is 3.25. The van der Waals surface area contributed by atoms with Gasteiger partial charge in [0.1, 0.15) is 5.25 Å². The maximum atomic E-state index is 11.7. The Morgan fingerprint density at radius 3 is 2.61 bits per heavy atom. The van der Waals surface area contributed by atoms with Crippen molar-refractivity contribution in [3.63, 3.8) is 0 Å². The van der Waals surface area contributed by atoms with Crippen molar-refractivity contribution in [2.45, 2.75) is 17.4 Å². The fraction of sp³-hybridized carbons (Fsp3) is 0.118. The van der Waals surface area contributed by atoms with Gasteiger partial charge in [-0.05, 0) is 36.4 Å². The zero-order valence-corrected chi connectivity index (χ0v) is 13.3. The molecule has 1 aromatic heterocycles. The summed E-state index contributed by atoms with van der Waals surface area (Å²) < 4.78 is 5.66. The van der Waals surface area contributed by atoms with Gasteiger partial charge in [0.25, 0.3) is 5.22 Å². The maximum Gasteiger partial charge on any atom is 0.277 e. The first-order valence-corrected chi connectivity index (χ1v) is 7.93. The normalized spacial score (nSPS) is 12.0. The van der Waals surface area contributed by atoms with Crippen LogP contribution < -0.4 is 5.73 Å². The summed E-state index contributed by atoms with van der Waals surface area (Å²) in [6.07, 6.45) is 0. The van der Waals surface area contributed by atoms with Gasteiger partial charge in [-0.1, -0.05) is 48.0 Å². The topological polar surface area (TPSA) is 82.0 Å². The van der Waals surface area contributed by atoms with Gasteiger partial charge in [0.2, 0.25) is 11.8 Å². The van der Waals surface area contributed by atoms with Crippen LogP contribution in [0.3, 0.4) is 0 Å². The van der Waals surface area contributed by atoms with Gasteiger partial charge < -0.3 is 10.2 Å². The van der Waals surface area contributed by atoms with Crippen molar-refractivity contribution in [3.05, 3.63) is 65.7 Å². The molecule has 0 bridgehead atoms. The molecule has 6 heteroatoms. The molecule has 1 amide bonds. The number of rotatable bonds is 5. The van der Waals surface area contributed by atoms with E-state index in [1.807, 2.05) is 61.5 Å². The van der Waals surface area contributed by atoms with Crippen LogP contribution in [-0.2, 0) is 4.79 Å². The Morgan fingerprint density at radius 2 is 1.91 bits per heavy atom. The first-order chi connectivity index (χ1) is 11.1. The summed E-state index contributed by atoms with van der Waals surface area (Å²) in [5, 5.41) is 7.80. The molecule has 0 radical (unpaired) electrons. The van der Waals surface area contributed by atoms with E-state index in [0.717, 1.165) is 28.5 Å². The van der Waals surface area contributed by atoms with Gasteiger partial charge in [-0.3, -0.25) is 4.79 Å². The Kier molecular flexibility index (Phi) is 4.43. The van der Waals surface area contributed by atoms with Gasteiger partial charge in [0.15, 0.2) is 0 Å². The van der Waals surface area contributed by atoms with Crippen LogP contribution in [0.2, 0.25) is 0 Å². The number of hydrogen-bond acceptors (Lipinski definition) is 5. The summed E-state index contributed by atoms with van der Waals surface area (Å²) in [5.41, 5.74) is 8.26. The van der Waals surface area contributed by atoms with Crippen LogP contribution in [0.5, 0.6) is 0 Å². The highest BCUT2D eigenvalue weighted by molar-refractivity contribution is 8.00. The highest BCUT2D eigenvalue weighted by atomic mass is 32.2. The molecule has 2 N–H and O–H groups in total. The van der Waals surface area contributed by atoms with Crippen molar-refractivity contribution in [2.75, 3.05) is 0 Å². The second-order valence-corrected chi connectivity index (χ2v) is 6.11. The van der Waals surface area contributed by atoms with E-state index >= 15 is 0 Å². The predicted octanol–water partition coefficient (Wildman–Crippen LogP) is 3.36. The number of hydrogen-bond donors (Lipinski definition) is 1. The lowest BCUT2D eigenvalue weighted by atomic mass is 10.1. The minimum Gasteiger partial charge on any atom is -0.411 e. The largest absolute Gasteiger partial charge is 0.411 e. The SMILES string of the molecule is Cc1cccc(-c2nnc(SC(C(N)=O)c3ccccc3)o2)c1. The maximum absolute atomic E-state index is 11.7. The van der Waals surface area contributed by atoms with Crippen LogP contribution in [0.15, 0.2) is 64.2 Å². The van der Waals surface area contributed by atoms with Gasteiger partial charge in [-0.2, -0.15) is 0 Å². The number of carbonyl (C=O) groups excluding carboxylic acids is 1. The molecule has 0 saturated carbocycles. The minimum absolute atomic E-state index is 0.314. The van der Waals surface area contributed by atoms with Crippen molar-refractivity contribution in [3.8, 4) is 11.5 Å². The summed E-state index contributed by atoms with van der Waals surface area (Å²) in [5.74, 6) is -0.0241. The zero-order valence-electron chi connectivity index (χ0n) is 12.5. The van der Waals surface area contributed by atoms with Crippen molar-refractivity contribution in [1.29, 1.82) is 0 Å². The standard InChI is InChI=1S/C17H15N3O2S/c1-11-6-5-9-13(10-11)16-19-20-17(22-16)23-14(15(18)21)12-7-3-2-4-8-12/h2-10,14H,1H3,(H2,18,21). The van der Waals surface area contributed by atoms with Crippen LogP contribution in [0.25, 0.3) is 11.5 Å². The Morgan fingerprint density at radius 1 is 1.13 bits per heavy atom. The number of carbonyl (C=O) groups is 1. The van der Waals surface area contributed by atoms with E-state index < -0.39 is 11.2 Å². The zero-order chi connectivity index (χ0) is 16.2. The Bertz CT molecular complexity index is 817. The third kappa shape index (κ3) is 3.60. The highest BCUT2D eigenvalue weighted by Crippen LogP contribution is 2.35. The van der Waals surface area contributed by atoms with Crippen LogP contribution in [-0.4, -0.2) is 16.1 Å². The number of nitrogens with zero attached hydrogens (tertiary/aromatic N) is 2. The minimum atomic E-state index is -0.568. The van der Waals surface area contributed by atoms with E-state index in [4.69, 9.17) is 10.2 Å². The molecule has 3 aromatic rings. The lowest BCUT2D eigenvalue weighted by molar-refractivity contribution is -0.117. The Hall–Kier alpha value is -2.60. The van der Waals surface area contributed by atoms with Crippen molar-refractivity contribution in [2.24, 2.45) is 5.73 Å². The van der Waals surface area contributed by atoms with Crippen LogP contribution >= 0.6 is 11.8 Å². The number of primary amides is 1. The van der Waals surface area contributed by atoms with E-state index in [1.165, 1.54) is 0 Å². The fourth-order valence-electron chi connectivity index (χ4n) is 2.17. The van der Waals surface area contributed by atoms with Gasteiger partial charge in [0, 0.05) is 5.56 Å². The third-order valence-corrected chi connectivity index (χ3v) is 4.36. The van der Waals surface area contributed by atoms with Gasteiger partial charge in [-0.15, -0.1) is 10.2 Å². The Balaban J connectivity index is 1.84. The van der Waals surface area contributed by atoms with Gasteiger partial charge in [0.05, 0.1) is 0 Å². The van der Waals surface area contributed by atoms with Gasteiger partial charge >= 0.3 is 0 Å². The highest BCUT2D eigenvalue weighted by Gasteiger charge is 2.22. The van der Waals surface area contributed by atoms with E-state index in [1.54, 1.807) is 0 Å². The molecule has 3 rings (SSSR count). The smallest absolute Gasteiger partial charge is 0.277 e. The summed E-state index contributed by atoms with van der Waals surface area (Å²) in [4.78, 5) is 11.7. The molecule has 1 atom stereocenters. The van der Waals surface area contributed by atoms with Crippen LogP contribution in [0.4, 0.5) is 0 Å². The molecule has 0 aliphatic heterocycles. The van der Waals surface area contributed by atoms with Crippen LogP contribution in [0.1, 0.15) is 16.4 Å². The molecule has 1 unspecified atom stereocenters. The molecule has 2 aromatic carbocycles. The molecule has 5 nitrogen and oxygen atoms in total. The molecule has 0 fully saturated rings. The molecule has 1 heterocycles. The number of aryl methyl sites for hydroxylation is 1. The Labute approximate surface area is 137 Å². The second-order valence-electron chi connectivity index (χ2n) is 5.05. The second kappa shape index (κ2) is 6.66. The molecular formula is C17H15N3O2S. The predicted molar refractivity (Wildman–Crippen MR) is 88.7 cm³/mol. The van der Waals surface area contributed by atoms with E-state index in [9.17, 15) is 4.79 Å². The first-order valence-electron chi connectivity index (χ1n) is 7.05. The molecule has 116 valence electrons. The van der Waals surface area contributed by atoms with Gasteiger partial charge in [-0.25, -0.2) is 0 Å². The van der Waals surface area contributed by atoms with Crippen molar-refractivity contribution < 1.29 is 9.21 Å². The van der Waals surface area contributed by atoms with Crippen molar-refractivity contribution in [1.82, 2.24) is 10.2 Å². The first kappa shape index (κ1) is 15.3. The quantitative estimate of drug-likeness (QED) is 0.727. The number of aromatic nitrogens is 2. The average molecular weight is 325 g/mol. The summed E-state index contributed by atoms with van der Waals surface area (Å²) in [6, 6.07) is 17.1. The molecular weight excluding hydrogens is 310 g/mol. The molecule has 0 spiro atoms. The fourth-order valence-corrected chi connectivity index (χ4v) is 3.00. The average Bonchev–Trinajstić information content (AvgIpc) is 3.02. The lowest BCUT2D eigenvalue weighted by Crippen LogP contribution is -2.18. The monoisotopic (exact) mass is 325 g/mol. The van der Waals surface area contributed by atoms with E-state index in [0.29, 0.717) is 11.1 Å². The molecule has 0 aliphatic carbocycles. The lowest BCUT2D eigenvalue weighted by Gasteiger charge is -2.10. The number of thioether (sulfide) groups is 1. The summed E-state index contributed by atoms with van der Waals surface area (Å²) in [6.45, 7) is 1.99. The van der Waals surface area contributed by atoms with E-state index in [-0.39, 0.29) is 0 Å². The summed E-state index contributed by atoms with van der Waals surface area (Å²) >= 11 is 1.15. The molecule has 23 heavy (non-hydrogen) atoms. The molecule has 0 aliphatic rings. The van der Waals surface area contributed by atoms with Crippen LogP contribution in [0, 0.1) is 6.92 Å². The molecule has 0 saturated heterocycles. The summed E-state index contributed by atoms with van der Waals surface area (Å²) in [7, 11) is 0. The van der Waals surface area contributed by atoms with Crippen molar-refractivity contribution >= 4 is 17.7 Å². The number of benzene rings is 2.